The first-order valence-electron chi connectivity index (χ1n) is 8.05. The van der Waals surface area contributed by atoms with E-state index >= 15 is 0 Å². The third-order valence-corrected chi connectivity index (χ3v) is 4.05. The molecule has 0 aromatic carbocycles. The van der Waals surface area contributed by atoms with E-state index in [4.69, 9.17) is 0 Å². The molecule has 0 aliphatic heterocycles. The van der Waals surface area contributed by atoms with Crippen molar-refractivity contribution >= 4 is 17.8 Å². The van der Waals surface area contributed by atoms with Gasteiger partial charge in [0.25, 0.3) is 0 Å². The molecule has 2 aromatic heterocycles. The van der Waals surface area contributed by atoms with Crippen molar-refractivity contribution in [3.8, 4) is 0 Å². The van der Waals surface area contributed by atoms with E-state index < -0.39 is 0 Å². The van der Waals surface area contributed by atoms with Crippen LogP contribution in [0.2, 0.25) is 0 Å². The van der Waals surface area contributed by atoms with Gasteiger partial charge in [0.15, 0.2) is 5.82 Å². The number of hydrogen-bond acceptors (Lipinski definition) is 4. The molecule has 2 aromatic rings. The fraction of sp³-hybridized carbons (Fsp3) is 0.333. The van der Waals surface area contributed by atoms with E-state index in [2.05, 4.69) is 20.5 Å². The Hall–Kier alpha value is -2.56. The van der Waals surface area contributed by atoms with Gasteiger partial charge in [0.2, 0.25) is 5.91 Å². The molecule has 0 saturated heterocycles. The van der Waals surface area contributed by atoms with Crippen molar-refractivity contribution in [3.63, 3.8) is 0 Å². The number of pyridine rings is 1. The molecule has 2 heterocycles. The molecule has 3 rings (SSSR count). The summed E-state index contributed by atoms with van der Waals surface area (Å²) in [4.78, 5) is 16.0. The van der Waals surface area contributed by atoms with E-state index in [0.29, 0.717) is 11.7 Å². The summed E-state index contributed by atoms with van der Waals surface area (Å²) in [5.41, 5.74) is 1.77. The number of aromatic nitrogens is 3. The van der Waals surface area contributed by atoms with Gasteiger partial charge in [-0.15, -0.1) is 5.10 Å². The van der Waals surface area contributed by atoms with Crippen molar-refractivity contribution in [1.29, 1.82) is 0 Å². The van der Waals surface area contributed by atoms with Crippen molar-refractivity contribution in [2.45, 2.75) is 38.0 Å². The first-order valence-corrected chi connectivity index (χ1v) is 8.05. The topological polar surface area (TPSA) is 67.8 Å². The van der Waals surface area contributed by atoms with Crippen molar-refractivity contribution in [1.82, 2.24) is 15.2 Å². The zero-order chi connectivity index (χ0) is 15.9. The average Bonchev–Trinajstić information content (AvgIpc) is 2.62. The summed E-state index contributed by atoms with van der Waals surface area (Å²) in [5.74, 6) is 0.751. The van der Waals surface area contributed by atoms with Crippen LogP contribution in [0.4, 0.5) is 5.82 Å². The molecule has 0 bridgehead atoms. The first-order chi connectivity index (χ1) is 11.3. The van der Waals surface area contributed by atoms with Crippen molar-refractivity contribution in [2.75, 3.05) is 5.32 Å². The number of carbonyl (C=O) groups excluding carboxylic acids is 1. The largest absolute Gasteiger partial charge is 0.306 e. The Labute approximate surface area is 135 Å². The fourth-order valence-corrected chi connectivity index (χ4v) is 2.83. The van der Waals surface area contributed by atoms with Gasteiger partial charge in [-0.3, -0.25) is 9.78 Å². The molecule has 5 nitrogen and oxygen atoms in total. The molecule has 118 valence electrons. The predicted octanol–water partition coefficient (Wildman–Crippen LogP) is 3.57. The van der Waals surface area contributed by atoms with Crippen LogP contribution in [0, 0.1) is 0 Å². The van der Waals surface area contributed by atoms with Crippen LogP contribution in [0.3, 0.4) is 0 Å². The van der Waals surface area contributed by atoms with Crippen LogP contribution in [0.15, 0.2) is 42.6 Å². The summed E-state index contributed by atoms with van der Waals surface area (Å²) in [5, 5.41) is 11.1. The van der Waals surface area contributed by atoms with Gasteiger partial charge in [-0.2, -0.15) is 5.10 Å². The van der Waals surface area contributed by atoms with Gasteiger partial charge in [0.1, 0.15) is 0 Å². The first kappa shape index (κ1) is 15.3. The van der Waals surface area contributed by atoms with Crippen LogP contribution in [0.25, 0.3) is 6.08 Å². The highest BCUT2D eigenvalue weighted by molar-refractivity contribution is 6.01. The lowest BCUT2D eigenvalue weighted by atomic mass is 9.87. The summed E-state index contributed by atoms with van der Waals surface area (Å²) >= 11 is 0. The van der Waals surface area contributed by atoms with Crippen LogP contribution >= 0.6 is 0 Å². The zero-order valence-corrected chi connectivity index (χ0v) is 13.0. The molecule has 0 spiro atoms. The van der Waals surface area contributed by atoms with Gasteiger partial charge in [0.05, 0.1) is 11.4 Å². The molecule has 1 saturated carbocycles. The van der Waals surface area contributed by atoms with Gasteiger partial charge < -0.3 is 5.32 Å². The Morgan fingerprint density at radius 3 is 2.65 bits per heavy atom. The van der Waals surface area contributed by atoms with Crippen molar-refractivity contribution < 1.29 is 4.79 Å². The number of hydrogen-bond donors (Lipinski definition) is 1. The number of amides is 1. The molecule has 1 amide bonds. The molecule has 0 radical (unpaired) electrons. The van der Waals surface area contributed by atoms with E-state index in [1.54, 1.807) is 12.3 Å². The number of nitrogens with one attached hydrogen (secondary N) is 1. The lowest BCUT2D eigenvalue weighted by Gasteiger charge is -2.20. The molecule has 1 N–H and O–H groups in total. The second-order valence-electron chi connectivity index (χ2n) is 5.76. The van der Waals surface area contributed by atoms with Gasteiger partial charge in [-0.1, -0.05) is 25.3 Å². The van der Waals surface area contributed by atoms with E-state index in [1.807, 2.05) is 30.3 Å². The molecule has 0 unspecified atom stereocenters. The fourth-order valence-electron chi connectivity index (χ4n) is 2.83. The minimum atomic E-state index is -0.240. The summed E-state index contributed by atoms with van der Waals surface area (Å²) in [6.45, 7) is 0. The molecular formula is C18H20N4O. The van der Waals surface area contributed by atoms with E-state index in [0.717, 1.165) is 11.4 Å². The number of rotatable bonds is 4. The van der Waals surface area contributed by atoms with Gasteiger partial charge in [-0.05, 0) is 43.2 Å². The van der Waals surface area contributed by atoms with Crippen molar-refractivity contribution in [2.24, 2.45) is 0 Å². The summed E-state index contributed by atoms with van der Waals surface area (Å²) < 4.78 is 0. The van der Waals surface area contributed by atoms with Gasteiger partial charge >= 0.3 is 0 Å². The molecule has 23 heavy (non-hydrogen) atoms. The zero-order valence-electron chi connectivity index (χ0n) is 13.0. The monoisotopic (exact) mass is 308 g/mol. The maximum absolute atomic E-state index is 11.9. The van der Waals surface area contributed by atoms with Crippen LogP contribution in [0.1, 0.15) is 49.4 Å². The van der Waals surface area contributed by atoms with E-state index in [-0.39, 0.29) is 5.91 Å². The Balaban J connectivity index is 1.57. The average molecular weight is 308 g/mol. The summed E-state index contributed by atoms with van der Waals surface area (Å²) in [7, 11) is 0. The van der Waals surface area contributed by atoms with E-state index in [9.17, 15) is 4.79 Å². The highest BCUT2D eigenvalue weighted by Crippen LogP contribution is 2.31. The molecule has 1 fully saturated rings. The third-order valence-electron chi connectivity index (χ3n) is 4.05. The molecule has 1 aliphatic rings. The Bertz CT molecular complexity index is 661. The van der Waals surface area contributed by atoms with E-state index in [1.165, 1.54) is 38.2 Å². The summed E-state index contributed by atoms with van der Waals surface area (Å²) in [6, 6.07) is 9.34. The smallest absolute Gasteiger partial charge is 0.249 e. The SMILES string of the molecule is O=C(/C=C/c1ccccn1)Nc1ccc(C2CCCCC2)nn1. The molecule has 5 heteroatoms. The maximum atomic E-state index is 11.9. The minimum absolute atomic E-state index is 0.240. The molecular weight excluding hydrogens is 288 g/mol. The number of anilines is 1. The second kappa shape index (κ2) is 7.63. The van der Waals surface area contributed by atoms with Gasteiger partial charge in [0, 0.05) is 18.2 Å². The Morgan fingerprint density at radius 2 is 1.96 bits per heavy atom. The van der Waals surface area contributed by atoms with Crippen LogP contribution in [-0.4, -0.2) is 21.1 Å². The predicted molar refractivity (Wildman–Crippen MR) is 89.8 cm³/mol. The standard InChI is InChI=1S/C18H20N4O/c23-18(12-9-15-8-4-5-13-19-15)20-17-11-10-16(21-22-17)14-6-2-1-3-7-14/h4-5,8-14H,1-3,6-7H2,(H,20,22,23)/b12-9+. The molecule has 1 aliphatic carbocycles. The quantitative estimate of drug-likeness (QED) is 0.877. The highest BCUT2D eigenvalue weighted by atomic mass is 16.1. The third kappa shape index (κ3) is 4.45. The normalized spacial score (nSPS) is 15.7. The Morgan fingerprint density at radius 1 is 1.09 bits per heavy atom. The lowest BCUT2D eigenvalue weighted by molar-refractivity contribution is -0.111. The maximum Gasteiger partial charge on any atom is 0.249 e. The number of carbonyl (C=O) groups is 1. The summed E-state index contributed by atoms with van der Waals surface area (Å²) in [6.07, 6.45) is 11.0. The highest BCUT2D eigenvalue weighted by Gasteiger charge is 2.17. The Kier molecular flexibility index (Phi) is 5.09. The van der Waals surface area contributed by atoms with Crippen LogP contribution in [0.5, 0.6) is 0 Å². The lowest BCUT2D eigenvalue weighted by Crippen LogP contribution is -2.12. The van der Waals surface area contributed by atoms with Crippen molar-refractivity contribution in [3.05, 3.63) is 54.0 Å². The molecule has 0 atom stereocenters. The van der Waals surface area contributed by atoms with Gasteiger partial charge in [-0.25, -0.2) is 0 Å². The van der Waals surface area contributed by atoms with Crippen LogP contribution in [-0.2, 0) is 4.79 Å². The number of nitrogens with zero attached hydrogens (tertiary/aromatic N) is 3. The van der Waals surface area contributed by atoms with Crippen LogP contribution < -0.4 is 5.32 Å². The second-order valence-corrected chi connectivity index (χ2v) is 5.76. The minimum Gasteiger partial charge on any atom is -0.306 e.